The van der Waals surface area contributed by atoms with Crippen LogP contribution in [0.25, 0.3) is 28.0 Å². The summed E-state index contributed by atoms with van der Waals surface area (Å²) in [5, 5.41) is 17.7. The topological polar surface area (TPSA) is 132 Å². The first-order chi connectivity index (χ1) is 18.3. The molecule has 0 amide bonds. The first kappa shape index (κ1) is 24.7. The van der Waals surface area contributed by atoms with E-state index in [9.17, 15) is 14.7 Å². The second-order valence-corrected chi connectivity index (χ2v) is 8.93. The summed E-state index contributed by atoms with van der Waals surface area (Å²) in [5.41, 5.74) is 4.21. The number of carbonyl (C=O) groups is 1. The molecule has 0 spiro atoms. The Balaban J connectivity index is 1.60. The smallest absolute Gasteiger partial charge is 0.337 e. The van der Waals surface area contributed by atoms with Gasteiger partial charge in [0.2, 0.25) is 0 Å². The Labute approximate surface area is 217 Å². The van der Waals surface area contributed by atoms with Crippen LogP contribution in [0.1, 0.15) is 40.0 Å². The second-order valence-electron chi connectivity index (χ2n) is 8.93. The molecule has 1 atom stereocenters. The molecule has 0 aliphatic heterocycles. The number of anilines is 1. The third-order valence-corrected chi connectivity index (χ3v) is 6.29. The Morgan fingerprint density at radius 2 is 1.87 bits per heavy atom. The molecule has 5 rings (SSSR count). The van der Waals surface area contributed by atoms with Crippen molar-refractivity contribution in [2.24, 2.45) is 0 Å². The molecular formula is C28H25N5O5. The molecular weight excluding hydrogens is 486 g/mol. The lowest BCUT2D eigenvalue weighted by atomic mass is 9.99. The molecule has 2 aromatic carbocycles. The van der Waals surface area contributed by atoms with Crippen molar-refractivity contribution in [3.05, 3.63) is 93.7 Å². The molecule has 0 aliphatic rings. The number of rotatable bonds is 7. The maximum Gasteiger partial charge on any atom is 0.337 e. The Morgan fingerprint density at radius 1 is 1.13 bits per heavy atom. The Kier molecular flexibility index (Phi) is 6.38. The van der Waals surface area contributed by atoms with Crippen LogP contribution in [0.15, 0.2) is 70.4 Å². The molecule has 0 aliphatic carbocycles. The number of nitrogens with zero attached hydrogens (tertiary/aromatic N) is 4. The van der Waals surface area contributed by atoms with Gasteiger partial charge in [-0.25, -0.2) is 19.4 Å². The summed E-state index contributed by atoms with van der Waals surface area (Å²) in [6.45, 7) is 5.53. The van der Waals surface area contributed by atoms with Crippen LogP contribution in [0.3, 0.4) is 0 Å². The van der Waals surface area contributed by atoms with E-state index in [2.05, 4.69) is 20.4 Å². The van der Waals surface area contributed by atoms with Gasteiger partial charge in [0.1, 0.15) is 17.0 Å². The van der Waals surface area contributed by atoms with Crippen molar-refractivity contribution in [3.63, 3.8) is 0 Å². The number of aryl methyl sites for hydroxylation is 1. The molecule has 0 bridgehead atoms. The number of nitrogens with one attached hydrogen (secondary N) is 1. The highest BCUT2D eigenvalue weighted by Crippen LogP contribution is 2.32. The van der Waals surface area contributed by atoms with E-state index in [0.29, 0.717) is 39.2 Å². The van der Waals surface area contributed by atoms with Crippen LogP contribution in [0.2, 0.25) is 0 Å². The zero-order valence-electron chi connectivity index (χ0n) is 21.2. The van der Waals surface area contributed by atoms with E-state index in [-0.39, 0.29) is 23.0 Å². The number of carboxylic acids is 1. The number of fused-ring (bicyclic) bond motifs is 1. The van der Waals surface area contributed by atoms with Gasteiger partial charge in [0, 0.05) is 23.0 Å². The van der Waals surface area contributed by atoms with Gasteiger partial charge < -0.3 is 19.6 Å². The lowest BCUT2D eigenvalue weighted by Gasteiger charge is -2.19. The molecule has 10 heteroatoms. The second kappa shape index (κ2) is 9.81. The number of carboxylic acid groups (broad SMARTS) is 1. The zero-order valence-corrected chi connectivity index (χ0v) is 21.2. The third kappa shape index (κ3) is 4.47. The number of benzene rings is 2. The molecule has 0 fully saturated rings. The van der Waals surface area contributed by atoms with E-state index in [1.54, 1.807) is 66.7 Å². The van der Waals surface area contributed by atoms with Crippen molar-refractivity contribution in [3.8, 4) is 23.0 Å². The average Bonchev–Trinajstić information content (AvgIpc) is 3.41. The first-order valence-corrected chi connectivity index (χ1v) is 11.8. The monoisotopic (exact) mass is 511 g/mol. The molecule has 0 saturated carbocycles. The van der Waals surface area contributed by atoms with Gasteiger partial charge in [-0.2, -0.15) is 5.10 Å². The normalized spacial score (nSPS) is 11.9. The summed E-state index contributed by atoms with van der Waals surface area (Å²) >= 11 is 0. The number of ether oxygens (including phenoxy) is 1. The van der Waals surface area contributed by atoms with Crippen molar-refractivity contribution < 1.29 is 19.1 Å². The minimum absolute atomic E-state index is 0.148. The van der Waals surface area contributed by atoms with Gasteiger partial charge in [0.25, 0.3) is 0 Å². The van der Waals surface area contributed by atoms with Crippen LogP contribution < -0.4 is 15.5 Å². The van der Waals surface area contributed by atoms with E-state index < -0.39 is 5.97 Å². The standard InChI is InChI=1S/C28H25N5O5/c1-15-9-21(17(3)32-23-8-6-5-7-20(23)27(35)36)26-22(10-15)24(34)16(2)25(38-26)18-11-31-33(14-18)19-12-29-28(37-4)30-13-19/h5-14,17,32H,1-4H3,(H,35,36). The molecule has 38 heavy (non-hydrogen) atoms. The largest absolute Gasteiger partial charge is 0.478 e. The van der Waals surface area contributed by atoms with Crippen molar-refractivity contribution in [1.82, 2.24) is 19.7 Å². The fraction of sp³-hybridized carbons (Fsp3) is 0.179. The van der Waals surface area contributed by atoms with Gasteiger partial charge in [-0.15, -0.1) is 0 Å². The Morgan fingerprint density at radius 3 is 2.58 bits per heavy atom. The highest BCUT2D eigenvalue weighted by Gasteiger charge is 2.21. The number of hydrogen-bond donors (Lipinski definition) is 2. The molecule has 5 aromatic rings. The quantitative estimate of drug-likeness (QED) is 0.312. The molecule has 2 N–H and O–H groups in total. The minimum atomic E-state index is -1.03. The van der Waals surface area contributed by atoms with Crippen molar-refractivity contribution in [1.29, 1.82) is 0 Å². The molecule has 3 heterocycles. The number of aromatic carboxylic acids is 1. The third-order valence-electron chi connectivity index (χ3n) is 6.29. The van der Waals surface area contributed by atoms with Crippen LogP contribution in [-0.2, 0) is 0 Å². The summed E-state index contributed by atoms with van der Waals surface area (Å²) < 4.78 is 13.0. The molecule has 3 aromatic heterocycles. The predicted molar refractivity (Wildman–Crippen MR) is 142 cm³/mol. The predicted octanol–water partition coefficient (Wildman–Crippen LogP) is 4.93. The Bertz CT molecular complexity index is 1720. The van der Waals surface area contributed by atoms with E-state index in [1.165, 1.54) is 7.11 Å². The fourth-order valence-corrected chi connectivity index (χ4v) is 4.39. The van der Waals surface area contributed by atoms with Crippen molar-refractivity contribution in [2.45, 2.75) is 26.8 Å². The number of para-hydroxylation sites is 1. The van der Waals surface area contributed by atoms with Crippen LogP contribution >= 0.6 is 0 Å². The summed E-state index contributed by atoms with van der Waals surface area (Å²) in [7, 11) is 1.49. The maximum atomic E-state index is 13.5. The lowest BCUT2D eigenvalue weighted by molar-refractivity contribution is 0.0698. The molecule has 1 unspecified atom stereocenters. The summed E-state index contributed by atoms with van der Waals surface area (Å²) in [6.07, 6.45) is 6.51. The summed E-state index contributed by atoms with van der Waals surface area (Å²) in [5.74, 6) is -0.635. The van der Waals surface area contributed by atoms with Gasteiger partial charge in [-0.1, -0.05) is 18.2 Å². The lowest BCUT2D eigenvalue weighted by Crippen LogP contribution is -2.14. The molecule has 10 nitrogen and oxygen atoms in total. The van der Waals surface area contributed by atoms with E-state index in [0.717, 1.165) is 11.1 Å². The van der Waals surface area contributed by atoms with E-state index in [1.807, 2.05) is 19.9 Å². The number of hydrogen-bond acceptors (Lipinski definition) is 8. The van der Waals surface area contributed by atoms with Gasteiger partial charge in [0.05, 0.1) is 48.3 Å². The number of aromatic nitrogens is 4. The number of methoxy groups -OCH3 is 1. The van der Waals surface area contributed by atoms with Gasteiger partial charge in [-0.05, 0) is 44.5 Å². The molecule has 192 valence electrons. The van der Waals surface area contributed by atoms with Gasteiger partial charge in [0.15, 0.2) is 5.43 Å². The highest BCUT2D eigenvalue weighted by molar-refractivity contribution is 5.94. The summed E-state index contributed by atoms with van der Waals surface area (Å²) in [6, 6.07) is 10.3. The Hall–Kier alpha value is -4.99. The van der Waals surface area contributed by atoms with Gasteiger partial charge >= 0.3 is 12.0 Å². The van der Waals surface area contributed by atoms with Crippen molar-refractivity contribution >= 4 is 22.6 Å². The van der Waals surface area contributed by atoms with E-state index >= 15 is 0 Å². The fourth-order valence-electron chi connectivity index (χ4n) is 4.39. The molecule has 0 radical (unpaired) electrons. The van der Waals surface area contributed by atoms with Crippen LogP contribution in [-0.4, -0.2) is 37.9 Å². The highest BCUT2D eigenvalue weighted by atomic mass is 16.5. The van der Waals surface area contributed by atoms with Gasteiger partial charge in [-0.3, -0.25) is 4.79 Å². The minimum Gasteiger partial charge on any atom is -0.478 e. The van der Waals surface area contributed by atoms with Crippen LogP contribution in [0.4, 0.5) is 5.69 Å². The van der Waals surface area contributed by atoms with Crippen LogP contribution in [0, 0.1) is 13.8 Å². The molecule has 0 saturated heterocycles. The summed E-state index contributed by atoms with van der Waals surface area (Å²) in [4.78, 5) is 33.4. The maximum absolute atomic E-state index is 13.5. The van der Waals surface area contributed by atoms with Crippen molar-refractivity contribution in [2.75, 3.05) is 12.4 Å². The van der Waals surface area contributed by atoms with Crippen LogP contribution in [0.5, 0.6) is 6.01 Å². The zero-order chi connectivity index (χ0) is 27.0. The SMILES string of the molecule is COc1ncc(-n2cc(-c3oc4c(C(C)Nc5ccccc5C(=O)O)cc(C)cc4c(=O)c3C)cn2)cn1. The first-order valence-electron chi connectivity index (χ1n) is 11.8. The average molecular weight is 512 g/mol. The van der Waals surface area contributed by atoms with E-state index in [4.69, 9.17) is 9.15 Å².